The minimum Gasteiger partial charge on any atom is -0.337 e. The smallest absolute Gasteiger partial charge is 0.261 e. The summed E-state index contributed by atoms with van der Waals surface area (Å²) in [5.41, 5.74) is 1.60. The van der Waals surface area contributed by atoms with E-state index < -0.39 is 0 Å². The van der Waals surface area contributed by atoms with Gasteiger partial charge in [-0.2, -0.15) is 4.98 Å². The number of benzene rings is 1. The highest BCUT2D eigenvalue weighted by Gasteiger charge is 2.25. The monoisotopic (exact) mass is 376 g/mol. The Hall–Kier alpha value is -2.29. The van der Waals surface area contributed by atoms with Crippen molar-refractivity contribution in [2.75, 3.05) is 26.7 Å². The molecule has 0 bridgehead atoms. The summed E-state index contributed by atoms with van der Waals surface area (Å²) in [5.74, 6) is 1.05. The van der Waals surface area contributed by atoms with Crippen molar-refractivity contribution in [1.29, 1.82) is 0 Å². The third-order valence-corrected chi connectivity index (χ3v) is 4.65. The molecular weight excluding hydrogens is 356 g/mol. The van der Waals surface area contributed by atoms with E-state index in [-0.39, 0.29) is 30.6 Å². The molecule has 1 aromatic carbocycles. The third kappa shape index (κ3) is 3.35. The SMILES string of the molecule is Cc1cccc2c(=O)n(Cc3nc(C4CNCCN4C)no3)cnc12.Cl. The van der Waals surface area contributed by atoms with Crippen LogP contribution < -0.4 is 10.9 Å². The van der Waals surface area contributed by atoms with Crippen molar-refractivity contribution >= 4 is 23.3 Å². The van der Waals surface area contributed by atoms with Crippen LogP contribution in [-0.2, 0) is 6.54 Å². The normalized spacial score (nSPS) is 18.0. The Morgan fingerprint density at radius 2 is 2.23 bits per heavy atom. The van der Waals surface area contributed by atoms with Crippen LogP contribution in [0.3, 0.4) is 0 Å². The van der Waals surface area contributed by atoms with Gasteiger partial charge in [0.2, 0.25) is 5.89 Å². The molecule has 1 atom stereocenters. The van der Waals surface area contributed by atoms with E-state index in [4.69, 9.17) is 4.52 Å². The summed E-state index contributed by atoms with van der Waals surface area (Å²) in [6, 6.07) is 5.68. The molecule has 3 heterocycles. The fourth-order valence-corrected chi connectivity index (χ4v) is 3.16. The maximum Gasteiger partial charge on any atom is 0.261 e. The van der Waals surface area contributed by atoms with E-state index in [1.165, 1.54) is 10.9 Å². The van der Waals surface area contributed by atoms with E-state index in [0.717, 1.165) is 30.7 Å². The summed E-state index contributed by atoms with van der Waals surface area (Å²) in [6.45, 7) is 4.83. The van der Waals surface area contributed by atoms with E-state index in [0.29, 0.717) is 17.1 Å². The topological polar surface area (TPSA) is 89.1 Å². The van der Waals surface area contributed by atoms with E-state index in [9.17, 15) is 4.79 Å². The van der Waals surface area contributed by atoms with Gasteiger partial charge in [0.15, 0.2) is 5.82 Å². The van der Waals surface area contributed by atoms with Crippen LogP contribution in [0.25, 0.3) is 10.9 Å². The van der Waals surface area contributed by atoms with Gasteiger partial charge in [0.1, 0.15) is 6.54 Å². The maximum absolute atomic E-state index is 12.7. The molecule has 1 aliphatic rings. The van der Waals surface area contributed by atoms with Crippen LogP contribution in [0, 0.1) is 6.92 Å². The van der Waals surface area contributed by atoms with Crippen LogP contribution >= 0.6 is 12.4 Å². The second-order valence-electron chi connectivity index (χ2n) is 6.40. The number of nitrogens with zero attached hydrogens (tertiary/aromatic N) is 5. The number of para-hydroxylation sites is 1. The second kappa shape index (κ2) is 7.53. The quantitative estimate of drug-likeness (QED) is 0.733. The molecule has 26 heavy (non-hydrogen) atoms. The largest absolute Gasteiger partial charge is 0.337 e. The molecule has 1 N–H and O–H groups in total. The molecule has 8 nitrogen and oxygen atoms in total. The Kier molecular flexibility index (Phi) is 5.36. The molecule has 1 saturated heterocycles. The minimum atomic E-state index is -0.107. The summed E-state index contributed by atoms with van der Waals surface area (Å²) in [5, 5.41) is 8.01. The molecule has 0 amide bonds. The third-order valence-electron chi connectivity index (χ3n) is 4.65. The van der Waals surface area contributed by atoms with Crippen molar-refractivity contribution in [1.82, 2.24) is 29.9 Å². The Balaban J connectivity index is 0.00000196. The first-order chi connectivity index (χ1) is 12.1. The molecule has 1 fully saturated rings. The average Bonchev–Trinajstić information content (AvgIpc) is 3.07. The number of aryl methyl sites for hydroxylation is 1. The number of halogens is 1. The summed E-state index contributed by atoms with van der Waals surface area (Å²) < 4.78 is 6.86. The van der Waals surface area contributed by atoms with Crippen molar-refractivity contribution in [3.63, 3.8) is 0 Å². The van der Waals surface area contributed by atoms with Crippen LogP contribution in [0.15, 0.2) is 33.8 Å². The molecule has 4 rings (SSSR count). The minimum absolute atomic E-state index is 0. The highest BCUT2D eigenvalue weighted by Crippen LogP contribution is 2.18. The molecule has 1 aliphatic heterocycles. The van der Waals surface area contributed by atoms with Gasteiger partial charge in [-0.25, -0.2) is 4.98 Å². The molecule has 0 spiro atoms. The molecular formula is C17H21ClN6O2. The molecule has 1 unspecified atom stereocenters. The van der Waals surface area contributed by atoms with Crippen molar-refractivity contribution < 1.29 is 4.52 Å². The zero-order valence-corrected chi connectivity index (χ0v) is 15.5. The van der Waals surface area contributed by atoms with E-state index in [1.54, 1.807) is 6.07 Å². The predicted molar refractivity (Wildman–Crippen MR) is 99.6 cm³/mol. The number of aromatic nitrogens is 4. The van der Waals surface area contributed by atoms with E-state index >= 15 is 0 Å². The zero-order chi connectivity index (χ0) is 17.4. The number of hydrogen-bond donors (Lipinski definition) is 1. The predicted octanol–water partition coefficient (Wildman–Crippen LogP) is 1.13. The van der Waals surface area contributed by atoms with Gasteiger partial charge in [-0.15, -0.1) is 12.4 Å². The second-order valence-corrected chi connectivity index (χ2v) is 6.40. The van der Waals surface area contributed by atoms with E-state index in [2.05, 4.69) is 25.3 Å². The molecule has 9 heteroatoms. The highest BCUT2D eigenvalue weighted by molar-refractivity contribution is 5.85. The van der Waals surface area contributed by atoms with Gasteiger partial charge in [-0.3, -0.25) is 14.3 Å². The first-order valence-electron chi connectivity index (χ1n) is 8.31. The van der Waals surface area contributed by atoms with Crippen molar-refractivity contribution in [3.05, 3.63) is 52.2 Å². The van der Waals surface area contributed by atoms with Gasteiger partial charge < -0.3 is 9.84 Å². The summed E-state index contributed by atoms with van der Waals surface area (Å²) >= 11 is 0. The summed E-state index contributed by atoms with van der Waals surface area (Å²) in [6.07, 6.45) is 1.54. The van der Waals surface area contributed by atoms with E-state index in [1.807, 2.05) is 26.1 Å². The van der Waals surface area contributed by atoms with Gasteiger partial charge in [-0.05, 0) is 25.6 Å². The first kappa shape index (κ1) is 18.5. The highest BCUT2D eigenvalue weighted by atomic mass is 35.5. The van der Waals surface area contributed by atoms with Crippen LogP contribution in [0.1, 0.15) is 23.3 Å². The van der Waals surface area contributed by atoms with Crippen molar-refractivity contribution in [2.45, 2.75) is 19.5 Å². The lowest BCUT2D eigenvalue weighted by molar-refractivity contribution is 0.190. The average molecular weight is 377 g/mol. The lowest BCUT2D eigenvalue weighted by atomic mass is 10.1. The van der Waals surface area contributed by atoms with Gasteiger partial charge in [0.25, 0.3) is 5.56 Å². The number of nitrogens with one attached hydrogen (secondary N) is 1. The molecule has 3 aromatic rings. The van der Waals surface area contributed by atoms with Crippen LogP contribution in [-0.4, -0.2) is 51.3 Å². The first-order valence-corrected chi connectivity index (χ1v) is 8.31. The molecule has 0 saturated carbocycles. The van der Waals surface area contributed by atoms with Crippen molar-refractivity contribution in [2.24, 2.45) is 0 Å². The number of fused-ring (bicyclic) bond motifs is 1. The lowest BCUT2D eigenvalue weighted by Crippen LogP contribution is -2.44. The standard InChI is InChI=1S/C17H20N6O2.ClH/c1-11-4-3-5-12-15(11)19-10-23(17(12)24)9-14-20-16(21-25-14)13-8-18-6-7-22(13)2;/h3-5,10,13,18H,6-9H2,1-2H3;1H. The number of likely N-dealkylation sites (N-methyl/N-ethyl adjacent to an activating group) is 1. The molecule has 0 radical (unpaired) electrons. The van der Waals surface area contributed by atoms with Crippen molar-refractivity contribution in [3.8, 4) is 0 Å². The fourth-order valence-electron chi connectivity index (χ4n) is 3.16. The van der Waals surface area contributed by atoms with Gasteiger partial charge in [-0.1, -0.05) is 17.3 Å². The van der Waals surface area contributed by atoms with Crippen LogP contribution in [0.5, 0.6) is 0 Å². The van der Waals surface area contributed by atoms with Gasteiger partial charge in [0, 0.05) is 19.6 Å². The molecule has 2 aromatic heterocycles. The Morgan fingerprint density at radius 1 is 1.38 bits per heavy atom. The molecule has 0 aliphatic carbocycles. The number of hydrogen-bond acceptors (Lipinski definition) is 7. The fraction of sp³-hybridized carbons (Fsp3) is 0.412. The van der Waals surface area contributed by atoms with Crippen LogP contribution in [0.4, 0.5) is 0 Å². The number of rotatable bonds is 3. The summed E-state index contributed by atoms with van der Waals surface area (Å²) in [7, 11) is 2.04. The van der Waals surface area contributed by atoms with Gasteiger partial charge in [0.05, 0.1) is 23.3 Å². The Bertz CT molecular complexity index is 969. The Morgan fingerprint density at radius 3 is 3.04 bits per heavy atom. The molecule has 138 valence electrons. The maximum atomic E-state index is 12.7. The lowest BCUT2D eigenvalue weighted by Gasteiger charge is -2.30. The number of piperazine rings is 1. The van der Waals surface area contributed by atoms with Gasteiger partial charge >= 0.3 is 0 Å². The Labute approximate surface area is 156 Å². The zero-order valence-electron chi connectivity index (χ0n) is 14.7. The summed E-state index contributed by atoms with van der Waals surface area (Å²) in [4.78, 5) is 23.7. The van der Waals surface area contributed by atoms with Crippen LogP contribution in [0.2, 0.25) is 0 Å².